The van der Waals surface area contributed by atoms with Crippen LogP contribution in [0.4, 0.5) is 5.69 Å². The van der Waals surface area contributed by atoms with E-state index in [4.69, 9.17) is 16.6 Å². The van der Waals surface area contributed by atoms with Gasteiger partial charge in [-0.15, -0.1) is 11.3 Å². The first-order chi connectivity index (χ1) is 15.5. The van der Waals surface area contributed by atoms with Crippen molar-refractivity contribution in [3.05, 3.63) is 87.9 Å². The third-order valence-electron chi connectivity index (χ3n) is 5.09. The Labute approximate surface area is 192 Å². The van der Waals surface area contributed by atoms with Crippen molar-refractivity contribution >= 4 is 55.0 Å². The summed E-state index contributed by atoms with van der Waals surface area (Å²) < 4.78 is 1.77. The van der Waals surface area contributed by atoms with E-state index >= 15 is 0 Å². The van der Waals surface area contributed by atoms with Gasteiger partial charge in [-0.25, -0.2) is 9.97 Å². The second kappa shape index (κ2) is 8.18. The summed E-state index contributed by atoms with van der Waals surface area (Å²) in [6, 6.07) is 19.1. The molecule has 8 heteroatoms. The Morgan fingerprint density at radius 1 is 1.12 bits per heavy atom. The Kier molecular flexibility index (Phi) is 5.20. The van der Waals surface area contributed by atoms with Crippen LogP contribution in [-0.2, 0) is 11.3 Å². The maximum atomic E-state index is 13.1. The van der Waals surface area contributed by atoms with Crippen molar-refractivity contribution in [3.63, 3.8) is 0 Å². The van der Waals surface area contributed by atoms with Crippen LogP contribution in [0.15, 0.2) is 71.8 Å². The normalized spacial score (nSPS) is 11.2. The van der Waals surface area contributed by atoms with Crippen LogP contribution in [-0.4, -0.2) is 20.4 Å². The number of rotatable bonds is 4. The van der Waals surface area contributed by atoms with Crippen molar-refractivity contribution in [2.24, 2.45) is 0 Å². The average molecular weight is 461 g/mol. The van der Waals surface area contributed by atoms with Gasteiger partial charge in [0.1, 0.15) is 16.1 Å². The number of amides is 1. The zero-order valence-corrected chi connectivity index (χ0v) is 18.6. The van der Waals surface area contributed by atoms with Crippen LogP contribution >= 0.6 is 22.9 Å². The molecule has 0 spiro atoms. The van der Waals surface area contributed by atoms with Crippen LogP contribution in [0.2, 0.25) is 5.02 Å². The number of carbonyl (C=O) groups is 1. The lowest BCUT2D eigenvalue weighted by atomic mass is 10.1. The maximum absolute atomic E-state index is 13.1. The molecule has 3 heterocycles. The number of thiophene rings is 1. The summed E-state index contributed by atoms with van der Waals surface area (Å²) in [5, 5.41) is 4.02. The van der Waals surface area contributed by atoms with E-state index in [-0.39, 0.29) is 18.0 Å². The number of nitrogens with one attached hydrogen (secondary N) is 1. The molecule has 5 rings (SSSR count). The maximum Gasteiger partial charge on any atom is 0.271 e. The Bertz CT molecular complexity index is 1540. The lowest BCUT2D eigenvalue weighted by molar-refractivity contribution is -0.116. The van der Waals surface area contributed by atoms with Gasteiger partial charge in [0, 0.05) is 10.9 Å². The molecular weight excluding hydrogens is 444 g/mol. The number of aryl methyl sites for hydroxylation is 1. The molecule has 0 atom stereocenters. The first-order valence-corrected chi connectivity index (χ1v) is 11.1. The van der Waals surface area contributed by atoms with Gasteiger partial charge in [0.05, 0.1) is 28.2 Å². The van der Waals surface area contributed by atoms with Crippen LogP contribution in [0.3, 0.4) is 0 Å². The Morgan fingerprint density at radius 3 is 2.72 bits per heavy atom. The quantitative estimate of drug-likeness (QED) is 0.396. The Hall–Kier alpha value is -3.55. The van der Waals surface area contributed by atoms with Crippen molar-refractivity contribution in [2.75, 3.05) is 5.32 Å². The molecule has 2 aromatic carbocycles. The van der Waals surface area contributed by atoms with Crippen molar-refractivity contribution in [1.82, 2.24) is 14.5 Å². The molecule has 0 fully saturated rings. The lowest BCUT2D eigenvalue weighted by Crippen LogP contribution is -2.27. The molecule has 3 aromatic heterocycles. The van der Waals surface area contributed by atoms with Crippen molar-refractivity contribution in [1.29, 1.82) is 0 Å². The number of halogens is 1. The van der Waals surface area contributed by atoms with Gasteiger partial charge in [0.2, 0.25) is 5.91 Å². The summed E-state index contributed by atoms with van der Waals surface area (Å²) in [5.74, 6) is -0.357. The minimum Gasteiger partial charge on any atom is -0.323 e. The number of nitrogens with zero attached hydrogens (tertiary/aromatic N) is 3. The molecule has 6 nitrogen and oxygen atoms in total. The van der Waals surface area contributed by atoms with E-state index in [1.54, 1.807) is 12.1 Å². The highest BCUT2D eigenvalue weighted by Crippen LogP contribution is 2.31. The van der Waals surface area contributed by atoms with Crippen LogP contribution in [0.1, 0.15) is 5.56 Å². The predicted molar refractivity (Wildman–Crippen MR) is 129 cm³/mol. The van der Waals surface area contributed by atoms with Gasteiger partial charge in [-0.1, -0.05) is 48.0 Å². The Balaban J connectivity index is 1.47. The van der Waals surface area contributed by atoms with Crippen LogP contribution < -0.4 is 10.9 Å². The van der Waals surface area contributed by atoms with E-state index in [1.807, 2.05) is 55.5 Å². The summed E-state index contributed by atoms with van der Waals surface area (Å²) in [4.78, 5) is 35.5. The lowest BCUT2D eigenvalue weighted by Gasteiger charge is -2.09. The van der Waals surface area contributed by atoms with E-state index in [2.05, 4.69) is 10.3 Å². The molecule has 158 valence electrons. The van der Waals surface area contributed by atoms with Gasteiger partial charge in [0.25, 0.3) is 5.56 Å². The van der Waals surface area contributed by atoms with Crippen LogP contribution in [0.25, 0.3) is 31.7 Å². The fourth-order valence-electron chi connectivity index (χ4n) is 3.50. The number of benzene rings is 2. The van der Waals surface area contributed by atoms with Gasteiger partial charge >= 0.3 is 0 Å². The second-order valence-corrected chi connectivity index (χ2v) is 8.81. The summed E-state index contributed by atoms with van der Waals surface area (Å²) >= 11 is 7.47. The second-order valence-electron chi connectivity index (χ2n) is 7.40. The van der Waals surface area contributed by atoms with Crippen LogP contribution in [0.5, 0.6) is 0 Å². The average Bonchev–Trinajstić information content (AvgIpc) is 3.17. The van der Waals surface area contributed by atoms with E-state index in [0.29, 0.717) is 20.9 Å². The van der Waals surface area contributed by atoms with Gasteiger partial charge in [-0.2, -0.15) is 0 Å². The molecule has 0 aliphatic carbocycles. The van der Waals surface area contributed by atoms with Gasteiger partial charge < -0.3 is 5.32 Å². The van der Waals surface area contributed by atoms with E-state index in [9.17, 15) is 9.59 Å². The molecule has 1 amide bonds. The summed E-state index contributed by atoms with van der Waals surface area (Å²) in [6.45, 7) is 1.75. The number of aromatic nitrogens is 3. The molecule has 32 heavy (non-hydrogen) atoms. The SMILES string of the molecule is Cc1ccc(NC(=O)Cn2cnc3c(sc4nc(-c5ccccc5)ccc43)c2=O)c(Cl)c1. The molecule has 5 aromatic rings. The summed E-state index contributed by atoms with van der Waals surface area (Å²) in [6.07, 6.45) is 1.40. The van der Waals surface area contributed by atoms with E-state index in [0.717, 1.165) is 27.0 Å². The molecular formula is C24H17ClN4O2S. The fraction of sp³-hybridized carbons (Fsp3) is 0.0833. The summed E-state index contributed by atoms with van der Waals surface area (Å²) in [7, 11) is 0. The van der Waals surface area contributed by atoms with Gasteiger partial charge in [-0.05, 0) is 36.8 Å². The predicted octanol–water partition coefficient (Wildman–Crippen LogP) is 5.27. The zero-order valence-electron chi connectivity index (χ0n) is 17.0. The summed E-state index contributed by atoms with van der Waals surface area (Å²) in [5.41, 5.74) is 3.66. The number of hydrogen-bond acceptors (Lipinski definition) is 5. The van der Waals surface area contributed by atoms with Crippen molar-refractivity contribution in [2.45, 2.75) is 13.5 Å². The van der Waals surface area contributed by atoms with Gasteiger partial charge in [-0.3, -0.25) is 14.2 Å². The first-order valence-electron chi connectivity index (χ1n) is 9.90. The molecule has 0 aliphatic heterocycles. The highest BCUT2D eigenvalue weighted by Gasteiger charge is 2.15. The number of fused-ring (bicyclic) bond motifs is 3. The molecule has 1 N–H and O–H groups in total. The number of anilines is 1. The number of carbonyl (C=O) groups excluding carboxylic acids is 1. The molecule has 0 unspecified atom stereocenters. The highest BCUT2D eigenvalue weighted by atomic mass is 35.5. The Morgan fingerprint density at radius 2 is 1.94 bits per heavy atom. The van der Waals surface area contributed by atoms with Crippen molar-refractivity contribution in [3.8, 4) is 11.3 Å². The number of pyridine rings is 1. The molecule has 0 radical (unpaired) electrons. The monoisotopic (exact) mass is 460 g/mol. The van der Waals surface area contributed by atoms with E-state index < -0.39 is 0 Å². The third kappa shape index (κ3) is 3.77. The van der Waals surface area contributed by atoms with Crippen LogP contribution in [0, 0.1) is 6.92 Å². The highest BCUT2D eigenvalue weighted by molar-refractivity contribution is 7.25. The minimum absolute atomic E-state index is 0.164. The van der Waals surface area contributed by atoms with Crippen molar-refractivity contribution < 1.29 is 4.79 Å². The topological polar surface area (TPSA) is 76.9 Å². The molecule has 0 aliphatic rings. The zero-order chi connectivity index (χ0) is 22.2. The smallest absolute Gasteiger partial charge is 0.271 e. The molecule has 0 saturated heterocycles. The third-order valence-corrected chi connectivity index (χ3v) is 6.48. The standard InChI is InChI=1S/C24H17ClN4O2S/c1-14-7-9-19(17(25)11-14)27-20(30)12-29-13-26-21-16-8-10-18(15-5-3-2-4-6-15)28-23(16)32-22(21)24(29)31/h2-11,13H,12H2,1H3,(H,27,30). The van der Waals surface area contributed by atoms with Gasteiger partial charge in [0.15, 0.2) is 0 Å². The molecule has 0 saturated carbocycles. The fourth-order valence-corrected chi connectivity index (χ4v) is 4.86. The largest absolute Gasteiger partial charge is 0.323 e. The first kappa shape index (κ1) is 20.4. The number of hydrogen-bond donors (Lipinski definition) is 1. The molecule has 0 bridgehead atoms. The van der Waals surface area contributed by atoms with E-state index in [1.165, 1.54) is 22.2 Å². The minimum atomic E-state index is -0.357.